The van der Waals surface area contributed by atoms with E-state index in [1.54, 1.807) is 54.8 Å². The van der Waals surface area contributed by atoms with E-state index in [4.69, 9.17) is 33.4 Å². The number of nitriles is 1. The number of carbonyl (C=O) groups excluding carboxylic acids is 5. The van der Waals surface area contributed by atoms with E-state index in [-0.39, 0.29) is 77.1 Å². The molecule has 2 rings (SSSR count). The molecule has 0 radical (unpaired) electrons. The maximum absolute atomic E-state index is 12.6. The molecule has 0 bridgehead atoms. The van der Waals surface area contributed by atoms with Crippen LogP contribution in [0.25, 0.3) is 0 Å². The number of rotatable bonds is 25. The molecule has 2 aromatic rings. The van der Waals surface area contributed by atoms with Gasteiger partial charge in [-0.3, -0.25) is 4.79 Å². The van der Waals surface area contributed by atoms with Gasteiger partial charge in [-0.25, -0.2) is 24.2 Å². The number of benzene rings is 2. The number of esters is 3. The van der Waals surface area contributed by atoms with Crippen molar-refractivity contribution in [3.8, 4) is 17.8 Å². The van der Waals surface area contributed by atoms with Gasteiger partial charge in [0.1, 0.15) is 50.6 Å². The number of aromatic hydroxyl groups is 2. The summed E-state index contributed by atoms with van der Waals surface area (Å²) < 4.78 is 28.6. The van der Waals surface area contributed by atoms with Gasteiger partial charge in [-0.1, -0.05) is 56.9 Å². The third-order valence-electron chi connectivity index (χ3n) is 7.18. The van der Waals surface area contributed by atoms with Crippen LogP contribution < -0.4 is 5.32 Å². The molecule has 1 unspecified atom stereocenters. The molecule has 1 amide bonds. The van der Waals surface area contributed by atoms with Crippen molar-refractivity contribution in [2.75, 3.05) is 59.4 Å². The van der Waals surface area contributed by atoms with Crippen LogP contribution in [0, 0.1) is 11.5 Å². The Balaban J connectivity index is -0.000000205. The first-order valence-corrected chi connectivity index (χ1v) is 18.8. The zero-order chi connectivity index (χ0) is 45.7. The summed E-state index contributed by atoms with van der Waals surface area (Å²) in [6, 6.07) is 12.5. The van der Waals surface area contributed by atoms with Crippen LogP contribution in [0.1, 0.15) is 81.7 Å². The van der Waals surface area contributed by atoms with Crippen molar-refractivity contribution in [1.82, 2.24) is 5.32 Å². The molecule has 19 heteroatoms. The number of aliphatic hydroxyl groups excluding tert-OH is 4. The number of nitrogens with zero attached hydrogens (tertiary/aromatic N) is 2. The summed E-state index contributed by atoms with van der Waals surface area (Å²) in [5.41, 5.74) is 1.75. The Bertz CT molecular complexity index is 1450. The summed E-state index contributed by atoms with van der Waals surface area (Å²) in [5.74, 6) is -1.93. The predicted molar refractivity (Wildman–Crippen MR) is 230 cm³/mol. The first-order valence-electron chi connectivity index (χ1n) is 19.8. The number of isocyanates is 1. The second kappa shape index (κ2) is 42.8. The Morgan fingerprint density at radius 2 is 1.29 bits per heavy atom. The van der Waals surface area contributed by atoms with Crippen molar-refractivity contribution >= 4 is 53.9 Å². The minimum atomic E-state index is -0.784. The van der Waals surface area contributed by atoms with E-state index >= 15 is 0 Å². The zero-order valence-electron chi connectivity index (χ0n) is 35.5. The van der Waals surface area contributed by atoms with Crippen LogP contribution in [-0.4, -0.2) is 126 Å². The van der Waals surface area contributed by atoms with E-state index in [2.05, 4.69) is 31.4 Å². The molecule has 0 aliphatic rings. The van der Waals surface area contributed by atoms with Crippen LogP contribution in [0.3, 0.4) is 0 Å². The molecule has 18 nitrogen and oxygen atoms in total. The predicted octanol–water partition coefficient (Wildman–Crippen LogP) is 3.65. The average Bonchev–Trinajstić information content (AvgIpc) is 3.27. The largest absolute Gasteiger partial charge is 0.508 e. The summed E-state index contributed by atoms with van der Waals surface area (Å²) in [4.78, 5) is 58.6. The molecule has 1 atom stereocenters. The number of carbonyl (C=O) groups is 4. The van der Waals surface area contributed by atoms with E-state index in [9.17, 15) is 34.2 Å². The quantitative estimate of drug-likeness (QED) is 0.0142. The molecule has 0 saturated carbocycles. The summed E-state index contributed by atoms with van der Waals surface area (Å²) in [7, 11) is 0. The normalized spacial score (nSPS) is 10.1. The minimum Gasteiger partial charge on any atom is -0.508 e. The molecule has 7 N–H and O–H groups in total. The molecule has 0 fully saturated rings. The van der Waals surface area contributed by atoms with Crippen LogP contribution in [0.5, 0.6) is 11.5 Å². The lowest BCUT2D eigenvalue weighted by molar-refractivity contribution is -0.155. The summed E-state index contributed by atoms with van der Waals surface area (Å²) >= 11 is 0. The maximum atomic E-state index is 12.6. The number of hydrogen-bond acceptors (Lipinski definition) is 17. The SMILES string of the molecule is CCCCCCOC(=O)C(Cc1ccc(O)cc1)NC(=O)CCc1ccc(O)cc1.I.N#COCCCCCCN=C=O.O=C(CO)OCCOC(=O)CO.OCCO.[2H][3H].[HH].[HH]. The first kappa shape index (κ1) is 56.3. The second-order valence-electron chi connectivity index (χ2n) is 11.9. The van der Waals surface area contributed by atoms with Gasteiger partial charge in [-0.05, 0) is 67.5 Å². The number of aliphatic imine (C=N–C) groups is 1. The molecule has 0 saturated heterocycles. The Hall–Kier alpha value is -4.84. The second-order valence-corrected chi connectivity index (χ2v) is 11.9. The summed E-state index contributed by atoms with van der Waals surface area (Å²) in [6.07, 6.45) is 11.9. The maximum Gasteiger partial charge on any atom is 0.331 e. The van der Waals surface area contributed by atoms with Crippen molar-refractivity contribution in [3.63, 3.8) is 0 Å². The van der Waals surface area contributed by atoms with Crippen molar-refractivity contribution in [2.24, 2.45) is 4.99 Å². The van der Waals surface area contributed by atoms with Crippen molar-refractivity contribution in [1.29, 1.82) is 5.26 Å². The van der Waals surface area contributed by atoms with Crippen LogP contribution in [0.4, 0.5) is 0 Å². The molecular formula is C40H66IN3O15. The van der Waals surface area contributed by atoms with Gasteiger partial charge in [-0.15, -0.1) is 24.0 Å². The van der Waals surface area contributed by atoms with Gasteiger partial charge in [-0.2, -0.15) is 5.26 Å². The standard InChI is InChI=1S/C24H31NO5.C8H12N2O2.C6H10O6.C2H6O2.HI.3H2/c1-2-3-4-5-16-30-24(29)22(17-19-8-13-21(27)14-9-19)25-23(28)15-10-18-6-11-20(26)12-7-18;9-7-12-6-4-2-1-3-5-10-8-11;7-3-5(9)11-1-2-12-6(10)4-8;3-1-2-4;;;;/h6-9,11-14,22,26-27H,2-5,10,15-17H2,1H3,(H,25,28);1-6H2;7-8H,1-4H2;3-4H,1-2H2;4*1H/i;;;;;1+2D;;. The molecule has 59 heavy (non-hydrogen) atoms. The summed E-state index contributed by atoms with van der Waals surface area (Å²) in [6.45, 7) is 1.62. The van der Waals surface area contributed by atoms with Gasteiger partial charge < -0.3 is 54.9 Å². The van der Waals surface area contributed by atoms with E-state index < -0.39 is 37.2 Å². The topological polar surface area (TPSA) is 292 Å². The van der Waals surface area contributed by atoms with Gasteiger partial charge in [0, 0.05) is 18.7 Å². The number of halogens is 1. The highest BCUT2D eigenvalue weighted by molar-refractivity contribution is 14.0. The third kappa shape index (κ3) is 38.4. The molecule has 2 aromatic carbocycles. The number of phenols is 2. The molecule has 338 valence electrons. The van der Waals surface area contributed by atoms with Gasteiger partial charge in [0.05, 0.1) is 26.4 Å². The van der Waals surface area contributed by atoms with Gasteiger partial charge in [0.15, 0.2) is 0 Å². The van der Waals surface area contributed by atoms with Crippen LogP contribution in [0.15, 0.2) is 53.5 Å². The smallest absolute Gasteiger partial charge is 0.331 e. The number of aliphatic hydroxyl groups is 4. The van der Waals surface area contributed by atoms with Crippen molar-refractivity contribution in [3.05, 3.63) is 59.7 Å². The van der Waals surface area contributed by atoms with E-state index in [1.165, 1.54) is 6.08 Å². The number of ether oxygens (including phenoxy) is 4. The molecule has 0 heterocycles. The molecule has 0 spiro atoms. The van der Waals surface area contributed by atoms with Crippen LogP contribution >= 0.6 is 24.0 Å². The Kier molecular flexibility index (Phi) is 40.8. The molecule has 0 aliphatic heterocycles. The van der Waals surface area contributed by atoms with Crippen molar-refractivity contribution < 1.29 is 79.4 Å². The van der Waals surface area contributed by atoms with E-state index in [0.29, 0.717) is 32.6 Å². The summed E-state index contributed by atoms with van der Waals surface area (Å²) in [5, 5.41) is 61.2. The van der Waals surface area contributed by atoms with Gasteiger partial charge in [0.25, 0.3) is 6.26 Å². The van der Waals surface area contributed by atoms with E-state index in [1.807, 2.05) is 0 Å². The number of hydrogen-bond donors (Lipinski definition) is 7. The fourth-order valence-electron chi connectivity index (χ4n) is 4.26. The monoisotopic (exact) mass is 958 g/mol. The zero-order valence-corrected chi connectivity index (χ0v) is 35.8. The van der Waals surface area contributed by atoms with Crippen molar-refractivity contribution in [2.45, 2.75) is 83.6 Å². The van der Waals surface area contributed by atoms with Gasteiger partial charge >= 0.3 is 17.9 Å². The highest BCUT2D eigenvalue weighted by Gasteiger charge is 2.23. The number of unbranched alkanes of at least 4 members (excludes halogenated alkanes) is 6. The lowest BCUT2D eigenvalue weighted by Crippen LogP contribution is -2.43. The highest BCUT2D eigenvalue weighted by atomic mass is 127. The lowest BCUT2D eigenvalue weighted by atomic mass is 10.0. The minimum absolute atomic E-state index is 0. The fourth-order valence-corrected chi connectivity index (χ4v) is 4.26. The third-order valence-corrected chi connectivity index (χ3v) is 7.18. The van der Waals surface area contributed by atoms with E-state index in [0.717, 1.165) is 62.5 Å². The number of nitrogens with one attached hydrogen (secondary N) is 1. The molecular weight excluding hydrogens is 889 g/mol. The Morgan fingerprint density at radius 1 is 0.780 bits per heavy atom. The first-order chi connectivity index (χ1) is 29.0. The Morgan fingerprint density at radius 3 is 1.78 bits per heavy atom. The fraction of sp³-hybridized carbons (Fsp3) is 0.550. The number of amides is 1. The lowest BCUT2D eigenvalue weighted by Gasteiger charge is -2.18. The van der Waals surface area contributed by atoms with Crippen LogP contribution in [-0.2, 0) is 55.8 Å². The Labute approximate surface area is 368 Å². The molecule has 0 aliphatic carbocycles. The number of phenolic OH excluding ortho intramolecular Hbond substituents is 2. The highest BCUT2D eigenvalue weighted by Crippen LogP contribution is 2.14. The number of aryl methyl sites for hydroxylation is 1. The molecule has 0 aromatic heterocycles. The average molecular weight is 959 g/mol. The van der Waals surface area contributed by atoms with Crippen LogP contribution in [0.2, 0.25) is 0 Å². The van der Waals surface area contributed by atoms with Gasteiger partial charge in [0.2, 0.25) is 12.0 Å².